The van der Waals surface area contributed by atoms with Crippen LogP contribution in [0.25, 0.3) is 0 Å². The molecule has 0 radical (unpaired) electrons. The van der Waals surface area contributed by atoms with Gasteiger partial charge in [-0.3, -0.25) is 4.79 Å². The molecule has 0 N–H and O–H groups in total. The summed E-state index contributed by atoms with van der Waals surface area (Å²) in [5.41, 5.74) is 1.22. The first kappa shape index (κ1) is 12.1. The van der Waals surface area contributed by atoms with E-state index < -0.39 is 0 Å². The van der Waals surface area contributed by atoms with E-state index in [2.05, 4.69) is 12.1 Å². The molecular weight excluding hydrogens is 214 g/mol. The Kier molecular flexibility index (Phi) is 4.15. The van der Waals surface area contributed by atoms with Gasteiger partial charge in [0.2, 0.25) is 5.91 Å². The Bertz CT molecular complexity index is 364. The van der Waals surface area contributed by atoms with Crippen molar-refractivity contribution in [1.29, 1.82) is 0 Å². The van der Waals surface area contributed by atoms with E-state index in [0.717, 1.165) is 13.0 Å². The molecule has 1 fully saturated rings. The highest BCUT2D eigenvalue weighted by molar-refractivity contribution is 5.76. The van der Waals surface area contributed by atoms with Crippen molar-refractivity contribution >= 4 is 5.91 Å². The molecular formula is C14H19NO2. The maximum absolute atomic E-state index is 12.1. The van der Waals surface area contributed by atoms with Crippen LogP contribution in [0.2, 0.25) is 0 Å². The molecule has 1 aromatic carbocycles. The molecule has 3 nitrogen and oxygen atoms in total. The fourth-order valence-electron chi connectivity index (χ4n) is 2.14. The van der Waals surface area contributed by atoms with Crippen LogP contribution in [0.15, 0.2) is 30.3 Å². The molecule has 0 spiro atoms. The molecule has 1 aliphatic rings. The SMILES string of the molecule is C[C@@H]1COCCN1C(=O)CCc1ccccc1. The number of rotatable bonds is 3. The fraction of sp³-hybridized carbons (Fsp3) is 0.500. The maximum Gasteiger partial charge on any atom is 0.223 e. The van der Waals surface area contributed by atoms with Crippen LogP contribution in [0.4, 0.5) is 0 Å². The largest absolute Gasteiger partial charge is 0.377 e. The highest BCUT2D eigenvalue weighted by Gasteiger charge is 2.22. The molecule has 1 aromatic rings. The third kappa shape index (κ3) is 3.30. The first-order valence-corrected chi connectivity index (χ1v) is 6.18. The Labute approximate surface area is 102 Å². The number of hydrogen-bond donors (Lipinski definition) is 0. The zero-order chi connectivity index (χ0) is 12.1. The van der Waals surface area contributed by atoms with Gasteiger partial charge in [-0.15, -0.1) is 0 Å². The van der Waals surface area contributed by atoms with Gasteiger partial charge in [-0.1, -0.05) is 30.3 Å². The Morgan fingerprint density at radius 2 is 2.18 bits per heavy atom. The standard InChI is InChI=1S/C14H19NO2/c1-12-11-17-10-9-15(12)14(16)8-7-13-5-3-2-4-6-13/h2-6,12H,7-11H2,1H3/t12-/m1/s1. The first-order chi connectivity index (χ1) is 8.27. The highest BCUT2D eigenvalue weighted by Crippen LogP contribution is 2.10. The second-order valence-electron chi connectivity index (χ2n) is 4.50. The van der Waals surface area contributed by atoms with Gasteiger partial charge in [0.25, 0.3) is 0 Å². The lowest BCUT2D eigenvalue weighted by Crippen LogP contribution is -2.47. The molecule has 17 heavy (non-hydrogen) atoms. The van der Waals surface area contributed by atoms with Gasteiger partial charge < -0.3 is 9.64 Å². The number of aryl methyl sites for hydroxylation is 1. The summed E-state index contributed by atoms with van der Waals surface area (Å²) < 4.78 is 5.33. The zero-order valence-electron chi connectivity index (χ0n) is 10.3. The number of carbonyl (C=O) groups excluding carboxylic acids is 1. The van der Waals surface area contributed by atoms with Crippen LogP contribution in [0, 0.1) is 0 Å². The second-order valence-corrected chi connectivity index (χ2v) is 4.50. The average Bonchev–Trinajstić information content (AvgIpc) is 2.38. The third-order valence-corrected chi connectivity index (χ3v) is 3.16. The molecule has 92 valence electrons. The van der Waals surface area contributed by atoms with Gasteiger partial charge in [-0.2, -0.15) is 0 Å². The van der Waals surface area contributed by atoms with Crippen LogP contribution in [0.3, 0.4) is 0 Å². The lowest BCUT2D eigenvalue weighted by atomic mass is 10.1. The van der Waals surface area contributed by atoms with Crippen molar-refractivity contribution in [2.75, 3.05) is 19.8 Å². The van der Waals surface area contributed by atoms with Crippen LogP contribution in [-0.4, -0.2) is 36.6 Å². The smallest absolute Gasteiger partial charge is 0.223 e. The van der Waals surface area contributed by atoms with E-state index in [-0.39, 0.29) is 11.9 Å². The summed E-state index contributed by atoms with van der Waals surface area (Å²) >= 11 is 0. The lowest BCUT2D eigenvalue weighted by molar-refractivity contribution is -0.139. The fourth-order valence-corrected chi connectivity index (χ4v) is 2.14. The lowest BCUT2D eigenvalue weighted by Gasteiger charge is -2.33. The third-order valence-electron chi connectivity index (χ3n) is 3.16. The molecule has 2 rings (SSSR count). The second kappa shape index (κ2) is 5.82. The number of ether oxygens (including phenoxy) is 1. The van der Waals surface area contributed by atoms with Gasteiger partial charge in [-0.05, 0) is 18.9 Å². The van der Waals surface area contributed by atoms with E-state index in [0.29, 0.717) is 19.6 Å². The van der Waals surface area contributed by atoms with Crippen molar-refractivity contribution in [1.82, 2.24) is 4.90 Å². The van der Waals surface area contributed by atoms with Crippen molar-refractivity contribution in [2.24, 2.45) is 0 Å². The summed E-state index contributed by atoms with van der Waals surface area (Å²) in [5.74, 6) is 0.240. The van der Waals surface area contributed by atoms with Gasteiger partial charge in [-0.25, -0.2) is 0 Å². The Morgan fingerprint density at radius 1 is 1.41 bits per heavy atom. The molecule has 0 unspecified atom stereocenters. The Balaban J connectivity index is 1.84. The minimum absolute atomic E-state index is 0.215. The molecule has 1 amide bonds. The highest BCUT2D eigenvalue weighted by atomic mass is 16.5. The van der Waals surface area contributed by atoms with Gasteiger partial charge in [0.05, 0.1) is 19.3 Å². The predicted octanol–water partition coefficient (Wildman–Crippen LogP) is 1.87. The van der Waals surface area contributed by atoms with Crippen LogP contribution in [0.1, 0.15) is 18.9 Å². The van der Waals surface area contributed by atoms with Crippen LogP contribution in [-0.2, 0) is 16.0 Å². The molecule has 0 aromatic heterocycles. The first-order valence-electron chi connectivity index (χ1n) is 6.18. The van der Waals surface area contributed by atoms with Crippen LogP contribution < -0.4 is 0 Å². The number of carbonyl (C=O) groups is 1. The summed E-state index contributed by atoms with van der Waals surface area (Å²) in [6, 6.07) is 10.4. The summed E-state index contributed by atoms with van der Waals surface area (Å²) in [4.78, 5) is 14.0. The van der Waals surface area contributed by atoms with E-state index >= 15 is 0 Å². The summed E-state index contributed by atoms with van der Waals surface area (Å²) in [5, 5.41) is 0. The normalized spacial score (nSPS) is 20.3. The van der Waals surface area contributed by atoms with Crippen LogP contribution >= 0.6 is 0 Å². The molecule has 1 saturated heterocycles. The van der Waals surface area contributed by atoms with E-state index in [9.17, 15) is 4.79 Å². The number of morpholine rings is 1. The molecule has 0 aliphatic carbocycles. The summed E-state index contributed by atoms with van der Waals surface area (Å²) in [6.45, 7) is 4.10. The molecule has 0 bridgehead atoms. The quantitative estimate of drug-likeness (QED) is 0.797. The summed E-state index contributed by atoms with van der Waals surface area (Å²) in [7, 11) is 0. The van der Waals surface area contributed by atoms with Gasteiger partial charge in [0.15, 0.2) is 0 Å². The number of benzene rings is 1. The van der Waals surface area contributed by atoms with Crippen molar-refractivity contribution in [3.05, 3.63) is 35.9 Å². The Hall–Kier alpha value is -1.35. The van der Waals surface area contributed by atoms with E-state index in [1.165, 1.54) is 5.56 Å². The molecule has 0 saturated carbocycles. The minimum Gasteiger partial charge on any atom is -0.377 e. The van der Waals surface area contributed by atoms with Crippen LogP contribution in [0.5, 0.6) is 0 Å². The van der Waals surface area contributed by atoms with Crippen molar-refractivity contribution in [3.8, 4) is 0 Å². The Morgan fingerprint density at radius 3 is 2.88 bits per heavy atom. The van der Waals surface area contributed by atoms with E-state index in [4.69, 9.17) is 4.74 Å². The van der Waals surface area contributed by atoms with Crippen molar-refractivity contribution in [2.45, 2.75) is 25.8 Å². The zero-order valence-corrected chi connectivity index (χ0v) is 10.3. The molecule has 1 heterocycles. The number of hydrogen-bond acceptors (Lipinski definition) is 2. The average molecular weight is 233 g/mol. The van der Waals surface area contributed by atoms with Gasteiger partial charge in [0, 0.05) is 13.0 Å². The summed E-state index contributed by atoms with van der Waals surface area (Å²) in [6.07, 6.45) is 1.41. The number of amides is 1. The predicted molar refractivity (Wildman–Crippen MR) is 66.8 cm³/mol. The van der Waals surface area contributed by atoms with Gasteiger partial charge >= 0.3 is 0 Å². The number of nitrogens with zero attached hydrogens (tertiary/aromatic N) is 1. The van der Waals surface area contributed by atoms with Crippen molar-refractivity contribution in [3.63, 3.8) is 0 Å². The van der Waals surface area contributed by atoms with E-state index in [1.54, 1.807) is 0 Å². The van der Waals surface area contributed by atoms with Crippen molar-refractivity contribution < 1.29 is 9.53 Å². The maximum atomic E-state index is 12.1. The minimum atomic E-state index is 0.215. The molecule has 3 heteroatoms. The van der Waals surface area contributed by atoms with E-state index in [1.807, 2.05) is 30.0 Å². The van der Waals surface area contributed by atoms with Gasteiger partial charge in [0.1, 0.15) is 0 Å². The molecule has 1 atom stereocenters. The molecule has 1 aliphatic heterocycles. The monoisotopic (exact) mass is 233 g/mol. The topological polar surface area (TPSA) is 29.5 Å².